The highest BCUT2D eigenvalue weighted by atomic mass is 35.5. The maximum Gasteiger partial charge on any atom is 0.272 e. The first-order valence-corrected chi connectivity index (χ1v) is 6.75. The zero-order valence-corrected chi connectivity index (χ0v) is 11.9. The highest BCUT2D eigenvalue weighted by molar-refractivity contribution is 6.33. The molecule has 1 amide bonds. The van der Waals surface area contributed by atoms with Crippen molar-refractivity contribution in [3.8, 4) is 0 Å². The van der Waals surface area contributed by atoms with Crippen LogP contribution < -0.4 is 5.43 Å². The summed E-state index contributed by atoms with van der Waals surface area (Å²) in [5.41, 5.74) is 5.07. The Kier molecular flexibility index (Phi) is 4.91. The summed E-state index contributed by atoms with van der Waals surface area (Å²) in [6.45, 7) is 2.10. The summed E-state index contributed by atoms with van der Waals surface area (Å²) in [4.78, 5) is 11.8. The van der Waals surface area contributed by atoms with Gasteiger partial charge >= 0.3 is 0 Å². The van der Waals surface area contributed by atoms with Crippen LogP contribution in [0.4, 0.5) is 0 Å². The van der Waals surface area contributed by atoms with Crippen LogP contribution in [-0.2, 0) is 6.42 Å². The quantitative estimate of drug-likeness (QED) is 0.676. The fourth-order valence-electron chi connectivity index (χ4n) is 1.71. The van der Waals surface area contributed by atoms with Gasteiger partial charge < -0.3 is 0 Å². The fourth-order valence-corrected chi connectivity index (χ4v) is 1.93. The van der Waals surface area contributed by atoms with Crippen molar-refractivity contribution in [2.45, 2.75) is 13.3 Å². The molecule has 0 aliphatic heterocycles. The standard InChI is InChI=1S/C16H15ClN2O/c1-2-12-7-9-13(10-8-12)11-18-19-16(20)14-5-3-4-6-15(14)17/h3-11H,2H2,1H3,(H,19,20)/b18-11-. The van der Waals surface area contributed by atoms with Gasteiger partial charge in [-0.2, -0.15) is 5.10 Å². The molecule has 102 valence electrons. The van der Waals surface area contributed by atoms with Gasteiger partial charge in [0.15, 0.2) is 0 Å². The molecule has 0 spiro atoms. The molecule has 3 nitrogen and oxygen atoms in total. The predicted octanol–water partition coefficient (Wildman–Crippen LogP) is 3.67. The van der Waals surface area contributed by atoms with Crippen LogP contribution in [-0.4, -0.2) is 12.1 Å². The molecule has 0 bridgehead atoms. The topological polar surface area (TPSA) is 41.5 Å². The third-order valence-corrected chi connectivity index (χ3v) is 3.22. The van der Waals surface area contributed by atoms with E-state index in [0.717, 1.165) is 12.0 Å². The number of hydrogen-bond donors (Lipinski definition) is 1. The van der Waals surface area contributed by atoms with Crippen LogP contribution in [0.15, 0.2) is 53.6 Å². The molecule has 1 N–H and O–H groups in total. The summed E-state index contributed by atoms with van der Waals surface area (Å²) in [5, 5.41) is 4.34. The van der Waals surface area contributed by atoms with Gasteiger partial charge in [-0.15, -0.1) is 0 Å². The van der Waals surface area contributed by atoms with Crippen LogP contribution in [0.3, 0.4) is 0 Å². The number of nitrogens with zero attached hydrogens (tertiary/aromatic N) is 1. The summed E-state index contributed by atoms with van der Waals surface area (Å²) in [6, 6.07) is 14.9. The van der Waals surface area contributed by atoms with Crippen molar-refractivity contribution in [3.05, 3.63) is 70.2 Å². The Bertz CT molecular complexity index is 621. The molecule has 0 radical (unpaired) electrons. The maximum absolute atomic E-state index is 11.8. The molecular formula is C16H15ClN2O. The lowest BCUT2D eigenvalue weighted by molar-refractivity contribution is 0.0955. The minimum absolute atomic E-state index is 0.322. The van der Waals surface area contributed by atoms with E-state index in [2.05, 4.69) is 17.5 Å². The number of carbonyl (C=O) groups is 1. The highest BCUT2D eigenvalue weighted by Crippen LogP contribution is 2.14. The van der Waals surface area contributed by atoms with Crippen LogP contribution in [0, 0.1) is 0 Å². The van der Waals surface area contributed by atoms with Crippen molar-refractivity contribution < 1.29 is 4.79 Å². The molecule has 0 aliphatic carbocycles. The average Bonchev–Trinajstić information content (AvgIpc) is 2.48. The van der Waals surface area contributed by atoms with E-state index in [1.807, 2.05) is 24.3 Å². The van der Waals surface area contributed by atoms with Crippen molar-refractivity contribution in [2.24, 2.45) is 5.10 Å². The van der Waals surface area contributed by atoms with E-state index < -0.39 is 0 Å². The third-order valence-electron chi connectivity index (χ3n) is 2.89. The number of hydrogen-bond acceptors (Lipinski definition) is 2. The number of carbonyl (C=O) groups excluding carboxylic acids is 1. The number of hydrazone groups is 1. The smallest absolute Gasteiger partial charge is 0.267 e. The third kappa shape index (κ3) is 3.68. The molecule has 0 saturated heterocycles. The maximum atomic E-state index is 11.8. The van der Waals surface area contributed by atoms with Gasteiger partial charge in [0.2, 0.25) is 0 Å². The molecule has 0 atom stereocenters. The SMILES string of the molecule is CCc1ccc(/C=N\NC(=O)c2ccccc2Cl)cc1. The first-order chi connectivity index (χ1) is 9.70. The molecule has 2 aromatic carbocycles. The van der Waals surface area contributed by atoms with Crippen molar-refractivity contribution in [3.63, 3.8) is 0 Å². The molecule has 0 fully saturated rings. The molecule has 2 rings (SSSR count). The van der Waals surface area contributed by atoms with Gasteiger partial charge in [-0.3, -0.25) is 4.79 Å². The van der Waals surface area contributed by atoms with Crippen LogP contribution in [0.1, 0.15) is 28.4 Å². The Labute approximate surface area is 123 Å². The summed E-state index contributed by atoms with van der Waals surface area (Å²) < 4.78 is 0. The largest absolute Gasteiger partial charge is 0.272 e. The first-order valence-electron chi connectivity index (χ1n) is 6.37. The van der Waals surface area contributed by atoms with Gasteiger partial charge in [-0.05, 0) is 29.7 Å². The monoisotopic (exact) mass is 286 g/mol. The summed E-state index contributed by atoms with van der Waals surface area (Å²) in [5.74, 6) is -0.322. The van der Waals surface area contributed by atoms with Crippen LogP contribution in [0.5, 0.6) is 0 Å². The lowest BCUT2D eigenvalue weighted by Gasteiger charge is -2.01. The molecule has 0 saturated carbocycles. The normalized spacial score (nSPS) is 10.7. The van der Waals surface area contributed by atoms with E-state index >= 15 is 0 Å². The van der Waals surface area contributed by atoms with Gasteiger partial charge in [0.25, 0.3) is 5.91 Å². The second kappa shape index (κ2) is 6.87. The molecular weight excluding hydrogens is 272 g/mol. The van der Waals surface area contributed by atoms with Crippen molar-refractivity contribution in [1.29, 1.82) is 0 Å². The Balaban J connectivity index is 1.99. The van der Waals surface area contributed by atoms with E-state index in [1.54, 1.807) is 30.5 Å². The van der Waals surface area contributed by atoms with Gasteiger partial charge in [0.05, 0.1) is 16.8 Å². The molecule has 0 heterocycles. The average molecular weight is 287 g/mol. The molecule has 20 heavy (non-hydrogen) atoms. The molecule has 0 unspecified atom stereocenters. The molecule has 0 aliphatic rings. The number of halogens is 1. The lowest BCUT2D eigenvalue weighted by Crippen LogP contribution is -2.17. The van der Waals surface area contributed by atoms with Gasteiger partial charge in [0, 0.05) is 0 Å². The minimum Gasteiger partial charge on any atom is -0.267 e. The zero-order chi connectivity index (χ0) is 14.4. The second-order valence-electron chi connectivity index (χ2n) is 4.27. The Morgan fingerprint density at radius 3 is 2.55 bits per heavy atom. The minimum atomic E-state index is -0.322. The molecule has 0 aromatic heterocycles. The summed E-state index contributed by atoms with van der Waals surface area (Å²) >= 11 is 5.94. The van der Waals surface area contributed by atoms with E-state index in [4.69, 9.17) is 11.6 Å². The van der Waals surface area contributed by atoms with E-state index in [9.17, 15) is 4.79 Å². The predicted molar refractivity (Wildman–Crippen MR) is 82.3 cm³/mol. The summed E-state index contributed by atoms with van der Waals surface area (Å²) in [7, 11) is 0. The molecule has 4 heteroatoms. The number of aryl methyl sites for hydroxylation is 1. The highest BCUT2D eigenvalue weighted by Gasteiger charge is 2.07. The van der Waals surface area contributed by atoms with Crippen molar-refractivity contribution in [1.82, 2.24) is 5.43 Å². The number of nitrogens with one attached hydrogen (secondary N) is 1. The molecule has 2 aromatic rings. The number of rotatable bonds is 4. The second-order valence-corrected chi connectivity index (χ2v) is 4.68. The Morgan fingerprint density at radius 1 is 1.20 bits per heavy atom. The van der Waals surface area contributed by atoms with Gasteiger partial charge in [0.1, 0.15) is 0 Å². The van der Waals surface area contributed by atoms with Crippen LogP contribution in [0.25, 0.3) is 0 Å². The number of benzene rings is 2. The first kappa shape index (κ1) is 14.3. The zero-order valence-electron chi connectivity index (χ0n) is 11.1. The lowest BCUT2D eigenvalue weighted by atomic mass is 10.1. The van der Waals surface area contributed by atoms with Crippen LogP contribution >= 0.6 is 11.6 Å². The van der Waals surface area contributed by atoms with Crippen molar-refractivity contribution in [2.75, 3.05) is 0 Å². The number of amides is 1. The van der Waals surface area contributed by atoms with Crippen LogP contribution in [0.2, 0.25) is 5.02 Å². The van der Waals surface area contributed by atoms with E-state index in [1.165, 1.54) is 5.56 Å². The summed E-state index contributed by atoms with van der Waals surface area (Å²) in [6.07, 6.45) is 2.61. The van der Waals surface area contributed by atoms with Gasteiger partial charge in [-0.25, -0.2) is 5.43 Å². The fraction of sp³-hybridized carbons (Fsp3) is 0.125. The van der Waals surface area contributed by atoms with Crippen molar-refractivity contribution >= 4 is 23.7 Å². The Morgan fingerprint density at radius 2 is 1.90 bits per heavy atom. The van der Waals surface area contributed by atoms with E-state index in [-0.39, 0.29) is 5.91 Å². The Hall–Kier alpha value is -2.13. The van der Waals surface area contributed by atoms with Gasteiger partial charge in [-0.1, -0.05) is 54.9 Å². The van der Waals surface area contributed by atoms with E-state index in [0.29, 0.717) is 10.6 Å².